The Balaban J connectivity index is 0.000000636. The van der Waals surface area contributed by atoms with E-state index in [0.29, 0.717) is 18.3 Å². The molecule has 1 fully saturated rings. The van der Waals surface area contributed by atoms with Crippen LogP contribution in [-0.2, 0) is 10.8 Å². The normalized spacial score (nSPS) is 14.3. The predicted octanol–water partition coefficient (Wildman–Crippen LogP) is 4.90. The first-order valence-corrected chi connectivity index (χ1v) is 12.9. The third-order valence-corrected chi connectivity index (χ3v) is 7.26. The molecule has 4 aromatic rings. The van der Waals surface area contributed by atoms with Gasteiger partial charge in [0.1, 0.15) is 11.4 Å². The maximum atomic E-state index is 12.7. The molecule has 1 unspecified atom stereocenters. The van der Waals surface area contributed by atoms with Crippen LogP contribution in [0.25, 0.3) is 33.1 Å². The number of nitrogens with one attached hydrogen (secondary N) is 1. The topological polar surface area (TPSA) is 78.5 Å². The molecule has 1 atom stereocenters. The van der Waals surface area contributed by atoms with E-state index in [2.05, 4.69) is 34.2 Å². The molecule has 0 amide bonds. The number of aryl methyl sites for hydroxylation is 1. The summed E-state index contributed by atoms with van der Waals surface area (Å²) in [5.41, 5.74) is 4.90. The largest absolute Gasteiger partial charge is 0.491 e. The molecule has 2 aromatic heterocycles. The number of aliphatic hydroxyl groups excluding tert-OH is 1. The van der Waals surface area contributed by atoms with Gasteiger partial charge in [-0.05, 0) is 87.9 Å². The smallest absolute Gasteiger partial charge is 0.143 e. The highest BCUT2D eigenvalue weighted by molar-refractivity contribution is 7.86. The highest BCUT2D eigenvalue weighted by Crippen LogP contribution is 2.40. The third kappa shape index (κ3) is 5.49. The lowest BCUT2D eigenvalue weighted by Gasteiger charge is -2.11. The van der Waals surface area contributed by atoms with E-state index in [1.165, 1.54) is 0 Å². The number of nitrogens with zero attached hydrogens (tertiary/aromatic N) is 2. The van der Waals surface area contributed by atoms with Gasteiger partial charge in [0, 0.05) is 40.1 Å². The van der Waals surface area contributed by atoms with E-state index in [1.807, 2.05) is 57.4 Å². The Morgan fingerprint density at radius 3 is 2.65 bits per heavy atom. The van der Waals surface area contributed by atoms with Gasteiger partial charge in [-0.1, -0.05) is 12.1 Å². The summed E-state index contributed by atoms with van der Waals surface area (Å²) >= 11 is 0. The molecule has 2 aromatic carbocycles. The second-order valence-electron chi connectivity index (χ2n) is 9.19. The van der Waals surface area contributed by atoms with Gasteiger partial charge >= 0.3 is 0 Å². The quantitative estimate of drug-likeness (QED) is 0.369. The van der Waals surface area contributed by atoms with Crippen molar-refractivity contribution in [2.24, 2.45) is 0 Å². The number of aliphatic hydroxyl groups is 1. The second kappa shape index (κ2) is 10.7. The number of rotatable bonds is 7. The van der Waals surface area contributed by atoms with Gasteiger partial charge in [0.05, 0.1) is 22.9 Å². The van der Waals surface area contributed by atoms with E-state index in [4.69, 9.17) is 9.84 Å². The van der Waals surface area contributed by atoms with Crippen LogP contribution in [-0.4, -0.2) is 63.8 Å². The minimum Gasteiger partial charge on any atom is -0.491 e. The summed E-state index contributed by atoms with van der Waals surface area (Å²) in [6.45, 7) is 2.58. The van der Waals surface area contributed by atoms with Crippen molar-refractivity contribution in [2.45, 2.75) is 36.3 Å². The number of aromatic amines is 1. The average Bonchev–Trinajstić information content (AvgIpc) is 3.59. The van der Waals surface area contributed by atoms with Gasteiger partial charge in [-0.25, -0.2) is 4.98 Å². The Kier molecular flexibility index (Phi) is 7.66. The van der Waals surface area contributed by atoms with Gasteiger partial charge in [-0.3, -0.25) is 4.21 Å². The van der Waals surface area contributed by atoms with Crippen LogP contribution in [0.5, 0.6) is 5.75 Å². The summed E-state index contributed by atoms with van der Waals surface area (Å²) < 4.78 is 18.7. The third-order valence-electron chi connectivity index (χ3n) is 5.47. The van der Waals surface area contributed by atoms with Crippen LogP contribution in [0.15, 0.2) is 53.6 Å². The Bertz CT molecular complexity index is 1310. The molecular weight excluding hydrogens is 446 g/mol. The van der Waals surface area contributed by atoms with Crippen molar-refractivity contribution in [3.63, 3.8) is 0 Å². The van der Waals surface area contributed by atoms with Crippen molar-refractivity contribution >= 4 is 32.7 Å². The predicted molar refractivity (Wildman–Crippen MR) is 140 cm³/mol. The zero-order chi connectivity index (χ0) is 24.2. The van der Waals surface area contributed by atoms with Gasteiger partial charge in [-0.15, -0.1) is 0 Å². The molecule has 7 heteroatoms. The minimum absolute atomic E-state index is 0.0968. The first kappa shape index (κ1) is 24.4. The first-order valence-electron chi connectivity index (χ1n) is 11.7. The van der Waals surface area contributed by atoms with E-state index in [9.17, 15) is 4.21 Å². The van der Waals surface area contributed by atoms with Crippen molar-refractivity contribution in [2.75, 3.05) is 34.4 Å². The number of aromatic nitrogens is 2. The molecular formula is C27H33N3O3S. The Labute approximate surface area is 203 Å². The van der Waals surface area contributed by atoms with E-state index < -0.39 is 10.8 Å². The summed E-state index contributed by atoms with van der Waals surface area (Å²) in [5.74, 6) is 0.746. The van der Waals surface area contributed by atoms with Crippen molar-refractivity contribution in [3.05, 3.63) is 54.2 Å². The molecule has 0 spiro atoms. The zero-order valence-electron chi connectivity index (χ0n) is 20.3. The van der Waals surface area contributed by atoms with Gasteiger partial charge in [0.15, 0.2) is 0 Å². The van der Waals surface area contributed by atoms with Gasteiger partial charge < -0.3 is 19.7 Å². The Morgan fingerprint density at radius 1 is 1.18 bits per heavy atom. The average molecular weight is 480 g/mol. The molecule has 0 radical (unpaired) electrons. The number of hydrogen-bond donors (Lipinski definition) is 2. The Hall–Kier alpha value is -2.74. The molecule has 1 saturated carbocycles. The van der Waals surface area contributed by atoms with Crippen LogP contribution in [0.2, 0.25) is 0 Å². The van der Waals surface area contributed by atoms with Gasteiger partial charge in [-0.2, -0.15) is 0 Å². The first-order chi connectivity index (χ1) is 16.4. The van der Waals surface area contributed by atoms with Crippen LogP contribution in [0, 0.1) is 6.92 Å². The lowest BCUT2D eigenvalue weighted by molar-refractivity contribution is 0.234. The lowest BCUT2D eigenvalue weighted by atomic mass is 9.99. The number of ether oxygens (including phenoxy) is 1. The number of fused-ring (bicyclic) bond motifs is 3. The molecule has 1 aliphatic carbocycles. The van der Waals surface area contributed by atoms with E-state index >= 15 is 0 Å². The summed E-state index contributed by atoms with van der Waals surface area (Å²) in [4.78, 5) is 10.9. The van der Waals surface area contributed by atoms with E-state index in [1.54, 1.807) is 0 Å². The molecule has 180 valence electrons. The fourth-order valence-corrected chi connectivity index (χ4v) is 5.24. The summed E-state index contributed by atoms with van der Waals surface area (Å²) in [7, 11) is 5.06. The SMILES string of the molecule is CN(C)C.Cc1cnc2[nH]c3c(OCCCO)ccc(-c4cccc(S(=O)C5CC5)c4)c3c2c1. The highest BCUT2D eigenvalue weighted by Gasteiger charge is 2.29. The molecule has 0 aliphatic heterocycles. The number of H-pyrrole nitrogens is 1. The summed E-state index contributed by atoms with van der Waals surface area (Å²) in [6, 6.07) is 14.2. The fourth-order valence-electron chi connectivity index (χ4n) is 3.84. The van der Waals surface area contributed by atoms with E-state index in [-0.39, 0.29) is 6.61 Å². The monoisotopic (exact) mass is 479 g/mol. The van der Waals surface area contributed by atoms with Crippen molar-refractivity contribution in [1.82, 2.24) is 14.9 Å². The molecule has 34 heavy (non-hydrogen) atoms. The van der Waals surface area contributed by atoms with Crippen LogP contribution < -0.4 is 4.74 Å². The minimum atomic E-state index is -0.941. The van der Waals surface area contributed by atoms with E-state index in [0.717, 1.165) is 62.1 Å². The number of pyridine rings is 1. The van der Waals surface area contributed by atoms with Crippen LogP contribution in [0.3, 0.4) is 0 Å². The number of hydrogen-bond acceptors (Lipinski definition) is 5. The summed E-state index contributed by atoms with van der Waals surface area (Å²) in [6.07, 6.45) is 4.53. The van der Waals surface area contributed by atoms with Crippen molar-refractivity contribution in [1.29, 1.82) is 0 Å². The zero-order valence-corrected chi connectivity index (χ0v) is 21.1. The van der Waals surface area contributed by atoms with Crippen LogP contribution in [0.1, 0.15) is 24.8 Å². The Morgan fingerprint density at radius 2 is 1.94 bits per heavy atom. The lowest BCUT2D eigenvalue weighted by Crippen LogP contribution is -2.00. The standard InChI is InChI=1S/C24H24N2O3S.C3H9N/c1-15-12-20-22-19(16-4-2-5-18(13-16)30(28)17-6-7-17)8-9-21(29-11-3-10-27)23(22)26-24(20)25-14-15;1-4(2)3/h2,4-5,8-9,12-14,17,27H,3,6-7,10-11H2,1H3,(H,25,26);1-3H3. The molecule has 6 nitrogen and oxygen atoms in total. The number of benzene rings is 2. The fraction of sp³-hybridized carbons (Fsp3) is 0.370. The highest BCUT2D eigenvalue weighted by atomic mass is 32.2. The molecule has 0 saturated heterocycles. The second-order valence-corrected chi connectivity index (χ2v) is 10.9. The molecule has 5 rings (SSSR count). The van der Waals surface area contributed by atoms with Gasteiger partial charge in [0.2, 0.25) is 0 Å². The maximum Gasteiger partial charge on any atom is 0.143 e. The molecule has 1 aliphatic rings. The maximum absolute atomic E-state index is 12.7. The summed E-state index contributed by atoms with van der Waals surface area (Å²) in [5, 5.41) is 11.5. The van der Waals surface area contributed by atoms with Crippen molar-refractivity contribution in [3.8, 4) is 16.9 Å². The van der Waals surface area contributed by atoms with Crippen LogP contribution >= 0.6 is 0 Å². The van der Waals surface area contributed by atoms with Crippen molar-refractivity contribution < 1.29 is 14.1 Å². The molecule has 2 N–H and O–H groups in total. The van der Waals surface area contributed by atoms with Crippen LogP contribution in [0.4, 0.5) is 0 Å². The molecule has 2 heterocycles. The molecule has 0 bridgehead atoms. The van der Waals surface area contributed by atoms with Gasteiger partial charge in [0.25, 0.3) is 0 Å².